The summed E-state index contributed by atoms with van der Waals surface area (Å²) in [5, 5.41) is 2.95. The van der Waals surface area contributed by atoms with Crippen molar-refractivity contribution in [3.05, 3.63) is 82.5 Å². The van der Waals surface area contributed by atoms with Gasteiger partial charge in [0.1, 0.15) is 10.7 Å². The Morgan fingerprint density at radius 2 is 1.42 bits per heavy atom. The largest absolute Gasteiger partial charge is 0.375 e. The van der Waals surface area contributed by atoms with E-state index in [0.717, 1.165) is 11.1 Å². The molecule has 0 spiro atoms. The minimum Gasteiger partial charge on any atom is -0.375 e. The third-order valence-corrected chi connectivity index (χ3v) is 4.24. The van der Waals surface area contributed by atoms with Crippen molar-refractivity contribution in [2.24, 2.45) is 0 Å². The molecule has 0 saturated heterocycles. The lowest BCUT2D eigenvalue weighted by molar-refractivity contribution is -0.137. The molecule has 2 amide bonds. The summed E-state index contributed by atoms with van der Waals surface area (Å²) in [5.74, 6) is -0.801. The van der Waals surface area contributed by atoms with Crippen LogP contribution in [0.4, 0.5) is 0 Å². The first kappa shape index (κ1) is 16.3. The van der Waals surface area contributed by atoms with E-state index in [9.17, 15) is 9.59 Å². The summed E-state index contributed by atoms with van der Waals surface area (Å²) in [6.07, 6.45) is 0.606. The Morgan fingerprint density at radius 3 is 2.04 bits per heavy atom. The van der Waals surface area contributed by atoms with Crippen molar-refractivity contribution >= 4 is 23.4 Å². The Morgan fingerprint density at radius 1 is 0.833 bits per heavy atom. The summed E-state index contributed by atoms with van der Waals surface area (Å²) in [4.78, 5) is 25.9. The maximum atomic E-state index is 12.5. The monoisotopic (exact) mass is 340 g/mol. The smallest absolute Gasteiger partial charge is 0.278 e. The van der Waals surface area contributed by atoms with E-state index in [1.807, 2.05) is 60.7 Å². The first-order chi connectivity index (χ1) is 11.7. The predicted molar refractivity (Wildman–Crippen MR) is 93.0 cm³/mol. The highest BCUT2D eigenvalue weighted by molar-refractivity contribution is 6.47. The van der Waals surface area contributed by atoms with E-state index in [1.54, 1.807) is 0 Å². The summed E-state index contributed by atoms with van der Waals surface area (Å²) < 4.78 is 0. The molecule has 3 rings (SSSR count). The number of imide groups is 1. The molecule has 0 radical (unpaired) electrons. The molecule has 4 nitrogen and oxygen atoms in total. The number of nitrogens with zero attached hydrogens (tertiary/aromatic N) is 1. The van der Waals surface area contributed by atoms with Gasteiger partial charge in [-0.25, -0.2) is 0 Å². The van der Waals surface area contributed by atoms with Crippen molar-refractivity contribution in [2.75, 3.05) is 6.54 Å². The highest BCUT2D eigenvalue weighted by atomic mass is 35.5. The molecule has 2 aromatic carbocycles. The van der Waals surface area contributed by atoms with Gasteiger partial charge in [-0.15, -0.1) is 0 Å². The van der Waals surface area contributed by atoms with Gasteiger partial charge in [-0.05, 0) is 17.5 Å². The zero-order valence-electron chi connectivity index (χ0n) is 13.0. The third-order valence-electron chi connectivity index (χ3n) is 3.89. The van der Waals surface area contributed by atoms with E-state index in [1.165, 1.54) is 4.90 Å². The molecule has 0 bridgehead atoms. The number of carbonyl (C=O) groups is 2. The second-order valence-electron chi connectivity index (χ2n) is 5.53. The van der Waals surface area contributed by atoms with E-state index < -0.39 is 5.91 Å². The molecule has 0 atom stereocenters. The van der Waals surface area contributed by atoms with Crippen molar-refractivity contribution in [1.82, 2.24) is 10.2 Å². The van der Waals surface area contributed by atoms with Crippen LogP contribution in [-0.2, 0) is 22.6 Å². The number of benzene rings is 2. The summed E-state index contributed by atoms with van der Waals surface area (Å²) in [6, 6.07) is 19.4. The fourth-order valence-electron chi connectivity index (χ4n) is 2.57. The highest BCUT2D eigenvalue weighted by Gasteiger charge is 2.37. The van der Waals surface area contributed by atoms with Gasteiger partial charge < -0.3 is 5.32 Å². The molecule has 5 heteroatoms. The molecule has 1 aliphatic heterocycles. The Hall–Kier alpha value is -2.59. The molecule has 0 aromatic heterocycles. The van der Waals surface area contributed by atoms with Gasteiger partial charge >= 0.3 is 0 Å². The van der Waals surface area contributed by atoms with Crippen LogP contribution in [0.25, 0.3) is 0 Å². The Balaban J connectivity index is 1.64. The summed E-state index contributed by atoms with van der Waals surface area (Å²) in [5.41, 5.74) is 2.26. The number of rotatable bonds is 6. The Bertz CT molecular complexity index is 772. The summed E-state index contributed by atoms with van der Waals surface area (Å²) >= 11 is 6.07. The molecule has 1 heterocycles. The van der Waals surface area contributed by atoms with Crippen LogP contribution < -0.4 is 5.32 Å². The normalized spacial score (nSPS) is 14.5. The zero-order chi connectivity index (χ0) is 16.9. The second kappa shape index (κ2) is 7.32. The molecule has 0 fully saturated rings. The maximum Gasteiger partial charge on any atom is 0.278 e. The van der Waals surface area contributed by atoms with Crippen molar-refractivity contribution in [2.45, 2.75) is 13.0 Å². The van der Waals surface area contributed by atoms with Gasteiger partial charge in [0.2, 0.25) is 0 Å². The molecular weight excluding hydrogens is 324 g/mol. The molecule has 24 heavy (non-hydrogen) atoms. The molecule has 0 saturated carbocycles. The van der Waals surface area contributed by atoms with Crippen LogP contribution in [0, 0.1) is 0 Å². The minimum atomic E-state index is -0.437. The van der Waals surface area contributed by atoms with Crippen LogP contribution in [0.2, 0.25) is 0 Å². The highest BCUT2D eigenvalue weighted by Crippen LogP contribution is 2.22. The Labute approximate surface area is 145 Å². The number of hydrogen-bond acceptors (Lipinski definition) is 3. The quantitative estimate of drug-likeness (QED) is 0.823. The van der Waals surface area contributed by atoms with Gasteiger partial charge in [-0.3, -0.25) is 14.5 Å². The number of hydrogen-bond donors (Lipinski definition) is 1. The van der Waals surface area contributed by atoms with Crippen LogP contribution >= 0.6 is 11.6 Å². The van der Waals surface area contributed by atoms with Crippen molar-refractivity contribution in [1.29, 1.82) is 0 Å². The molecule has 1 aliphatic rings. The minimum absolute atomic E-state index is 0.0380. The molecular formula is C19H17ClN2O2. The Kier molecular flexibility index (Phi) is 4.96. The third kappa shape index (κ3) is 3.49. The van der Waals surface area contributed by atoms with E-state index in [-0.39, 0.29) is 16.6 Å². The van der Waals surface area contributed by atoms with Crippen LogP contribution in [0.3, 0.4) is 0 Å². The SMILES string of the molecule is O=C1C(Cl)=C(NCc2ccccc2)C(=O)N1CCc1ccccc1. The van der Waals surface area contributed by atoms with Crippen molar-refractivity contribution in [3.63, 3.8) is 0 Å². The van der Waals surface area contributed by atoms with E-state index in [2.05, 4.69) is 5.32 Å². The van der Waals surface area contributed by atoms with Crippen molar-refractivity contribution < 1.29 is 9.59 Å². The second-order valence-corrected chi connectivity index (χ2v) is 5.90. The average Bonchev–Trinajstić information content (AvgIpc) is 2.82. The fraction of sp³-hybridized carbons (Fsp3) is 0.158. The van der Waals surface area contributed by atoms with Crippen LogP contribution in [-0.4, -0.2) is 23.3 Å². The summed E-state index contributed by atoms with van der Waals surface area (Å²) in [6.45, 7) is 0.756. The first-order valence-corrected chi connectivity index (χ1v) is 8.12. The topological polar surface area (TPSA) is 49.4 Å². The lowest BCUT2D eigenvalue weighted by atomic mass is 10.1. The predicted octanol–water partition coefficient (Wildman–Crippen LogP) is 2.84. The lowest BCUT2D eigenvalue weighted by Crippen LogP contribution is -2.35. The first-order valence-electron chi connectivity index (χ1n) is 7.74. The molecule has 122 valence electrons. The van der Waals surface area contributed by atoms with Crippen LogP contribution in [0.5, 0.6) is 0 Å². The van der Waals surface area contributed by atoms with Gasteiger partial charge in [0, 0.05) is 13.1 Å². The standard InChI is InChI=1S/C19H17ClN2O2/c20-16-17(21-13-15-9-5-2-6-10-15)19(24)22(18(16)23)12-11-14-7-3-1-4-8-14/h1-10,21H,11-13H2. The molecule has 2 aromatic rings. The van der Waals surface area contributed by atoms with Gasteiger partial charge in [-0.1, -0.05) is 72.3 Å². The average molecular weight is 341 g/mol. The van der Waals surface area contributed by atoms with Gasteiger partial charge in [-0.2, -0.15) is 0 Å². The van der Waals surface area contributed by atoms with E-state index in [4.69, 9.17) is 11.6 Å². The van der Waals surface area contributed by atoms with Crippen LogP contribution in [0.15, 0.2) is 71.4 Å². The maximum absolute atomic E-state index is 12.5. The van der Waals surface area contributed by atoms with Gasteiger partial charge in [0.25, 0.3) is 11.8 Å². The van der Waals surface area contributed by atoms with Crippen LogP contribution in [0.1, 0.15) is 11.1 Å². The lowest BCUT2D eigenvalue weighted by Gasteiger charge is -2.15. The molecule has 0 unspecified atom stereocenters. The number of carbonyl (C=O) groups excluding carboxylic acids is 2. The molecule has 1 N–H and O–H groups in total. The van der Waals surface area contributed by atoms with Gasteiger partial charge in [0.05, 0.1) is 0 Å². The summed E-state index contributed by atoms with van der Waals surface area (Å²) in [7, 11) is 0. The number of halogens is 1. The van der Waals surface area contributed by atoms with Crippen molar-refractivity contribution in [3.8, 4) is 0 Å². The zero-order valence-corrected chi connectivity index (χ0v) is 13.8. The number of amides is 2. The van der Waals surface area contributed by atoms with E-state index >= 15 is 0 Å². The van der Waals surface area contributed by atoms with Gasteiger partial charge in [0.15, 0.2) is 0 Å². The molecule has 0 aliphatic carbocycles. The van der Waals surface area contributed by atoms with E-state index in [0.29, 0.717) is 19.5 Å². The number of nitrogens with one attached hydrogen (secondary N) is 1. The fourth-order valence-corrected chi connectivity index (χ4v) is 2.82.